The summed E-state index contributed by atoms with van der Waals surface area (Å²) >= 11 is 0. The van der Waals surface area contributed by atoms with Crippen LogP contribution in [0, 0.1) is 0 Å². The van der Waals surface area contributed by atoms with Crippen LogP contribution in [0.5, 0.6) is 0 Å². The van der Waals surface area contributed by atoms with Crippen molar-refractivity contribution in [2.24, 2.45) is 0 Å². The van der Waals surface area contributed by atoms with Crippen molar-refractivity contribution in [3.63, 3.8) is 0 Å². The van der Waals surface area contributed by atoms with Crippen LogP contribution < -0.4 is 10.6 Å². The number of nitrogens with zero attached hydrogens (tertiary/aromatic N) is 3. The van der Waals surface area contributed by atoms with Gasteiger partial charge in [0.25, 0.3) is 0 Å². The second kappa shape index (κ2) is 7.71. The third kappa shape index (κ3) is 5.80. The van der Waals surface area contributed by atoms with Crippen molar-refractivity contribution in [1.29, 1.82) is 0 Å². The molecule has 0 aliphatic rings. The molecule has 0 spiro atoms. The number of carbonyl (C=O) groups excluding carboxylic acids is 2. The van der Waals surface area contributed by atoms with Crippen molar-refractivity contribution in [1.82, 2.24) is 25.6 Å². The third-order valence-electron chi connectivity index (χ3n) is 2.01. The summed E-state index contributed by atoms with van der Waals surface area (Å²) in [4.78, 5) is 32.7. The van der Waals surface area contributed by atoms with Crippen molar-refractivity contribution in [3.05, 3.63) is 11.9 Å². The van der Waals surface area contributed by atoms with Crippen LogP contribution in [0.1, 0.15) is 12.6 Å². The number of carboxylic acids is 1. The highest BCUT2D eigenvalue weighted by Crippen LogP contribution is 1.92. The number of rotatable bonds is 7. The van der Waals surface area contributed by atoms with Crippen LogP contribution in [0.15, 0.2) is 6.20 Å². The quantitative estimate of drug-likeness (QED) is 0.531. The molecule has 0 bridgehead atoms. The maximum atomic E-state index is 11.3. The van der Waals surface area contributed by atoms with E-state index in [4.69, 9.17) is 5.11 Å². The van der Waals surface area contributed by atoms with E-state index in [1.54, 1.807) is 6.92 Å². The third-order valence-corrected chi connectivity index (χ3v) is 2.01. The molecule has 0 aliphatic carbocycles. The molecule has 10 nitrogen and oxygen atoms in total. The van der Waals surface area contributed by atoms with E-state index in [1.165, 1.54) is 6.20 Å². The Kier molecular flexibility index (Phi) is 5.94. The minimum atomic E-state index is -1.04. The van der Waals surface area contributed by atoms with E-state index in [9.17, 15) is 14.4 Å². The lowest BCUT2D eigenvalue weighted by Crippen LogP contribution is -2.38. The molecular weight excluding hydrogens is 270 g/mol. The lowest BCUT2D eigenvalue weighted by molar-refractivity contribution is -0.142. The smallest absolute Gasteiger partial charge is 0.325 e. The fourth-order valence-electron chi connectivity index (χ4n) is 1.23. The molecule has 1 aromatic rings. The number of amides is 2. The standard InChI is InChI=1S/C10H15N5O5/c1-2-20-9(18)4-12-10(19)11-3-7-5-15(14-13-7)6-8(16)17/h5H,2-4,6H2,1H3,(H,16,17)(H2,11,12,19). The molecule has 0 fully saturated rings. The Morgan fingerprint density at radius 1 is 1.40 bits per heavy atom. The van der Waals surface area contributed by atoms with Crippen LogP contribution in [0.25, 0.3) is 0 Å². The van der Waals surface area contributed by atoms with Gasteiger partial charge >= 0.3 is 18.0 Å². The van der Waals surface area contributed by atoms with Gasteiger partial charge in [-0.1, -0.05) is 5.21 Å². The number of ether oxygens (including phenoxy) is 1. The number of aromatic nitrogens is 3. The van der Waals surface area contributed by atoms with Gasteiger partial charge in [0.15, 0.2) is 0 Å². The Morgan fingerprint density at radius 2 is 2.15 bits per heavy atom. The van der Waals surface area contributed by atoms with E-state index in [2.05, 4.69) is 25.7 Å². The molecule has 0 saturated carbocycles. The molecule has 0 atom stereocenters. The molecule has 0 saturated heterocycles. The van der Waals surface area contributed by atoms with Crippen LogP contribution in [0.4, 0.5) is 4.79 Å². The first-order valence-electron chi connectivity index (χ1n) is 5.79. The highest BCUT2D eigenvalue weighted by atomic mass is 16.5. The SMILES string of the molecule is CCOC(=O)CNC(=O)NCc1cn(CC(=O)O)nn1. The summed E-state index contributed by atoms with van der Waals surface area (Å²) in [5, 5.41) is 20.5. The summed E-state index contributed by atoms with van der Waals surface area (Å²) in [5.41, 5.74) is 0.400. The predicted octanol–water partition coefficient (Wildman–Crippen LogP) is -1.27. The van der Waals surface area contributed by atoms with E-state index in [1.807, 2.05) is 0 Å². The zero-order valence-corrected chi connectivity index (χ0v) is 10.8. The maximum absolute atomic E-state index is 11.3. The summed E-state index contributed by atoms with van der Waals surface area (Å²) in [5.74, 6) is -1.57. The zero-order chi connectivity index (χ0) is 15.0. The summed E-state index contributed by atoms with van der Waals surface area (Å²) in [7, 11) is 0. The largest absolute Gasteiger partial charge is 0.480 e. The summed E-state index contributed by atoms with van der Waals surface area (Å²) < 4.78 is 5.77. The first kappa shape index (κ1) is 15.4. The Balaban J connectivity index is 2.28. The van der Waals surface area contributed by atoms with Gasteiger partial charge in [0.2, 0.25) is 0 Å². The number of carbonyl (C=O) groups is 3. The summed E-state index contributed by atoms with van der Waals surface area (Å²) in [6.07, 6.45) is 1.40. The molecular formula is C10H15N5O5. The molecule has 110 valence electrons. The Labute approximate surface area is 114 Å². The molecule has 0 unspecified atom stereocenters. The van der Waals surface area contributed by atoms with Crippen LogP contribution in [0.3, 0.4) is 0 Å². The van der Waals surface area contributed by atoms with Gasteiger partial charge in [0.1, 0.15) is 18.8 Å². The van der Waals surface area contributed by atoms with E-state index in [-0.39, 0.29) is 26.2 Å². The Morgan fingerprint density at radius 3 is 2.80 bits per heavy atom. The van der Waals surface area contributed by atoms with Gasteiger partial charge in [-0.05, 0) is 6.92 Å². The molecule has 1 rings (SSSR count). The van der Waals surface area contributed by atoms with Crippen molar-refractivity contribution in [3.8, 4) is 0 Å². The van der Waals surface area contributed by atoms with Crippen LogP contribution in [-0.4, -0.2) is 51.2 Å². The molecule has 1 aromatic heterocycles. The maximum Gasteiger partial charge on any atom is 0.325 e. The first-order chi connectivity index (χ1) is 9.51. The number of carboxylic acid groups (broad SMARTS) is 1. The highest BCUT2D eigenvalue weighted by molar-refractivity contribution is 5.80. The monoisotopic (exact) mass is 285 g/mol. The average molecular weight is 285 g/mol. The molecule has 10 heteroatoms. The Bertz CT molecular complexity index is 486. The molecule has 0 radical (unpaired) electrons. The van der Waals surface area contributed by atoms with Gasteiger partial charge in [0.05, 0.1) is 19.3 Å². The average Bonchev–Trinajstić information content (AvgIpc) is 2.81. The lowest BCUT2D eigenvalue weighted by Gasteiger charge is -2.05. The molecule has 0 aromatic carbocycles. The zero-order valence-electron chi connectivity index (χ0n) is 10.8. The van der Waals surface area contributed by atoms with Crippen molar-refractivity contribution in [2.45, 2.75) is 20.0 Å². The van der Waals surface area contributed by atoms with Gasteiger partial charge in [-0.3, -0.25) is 9.59 Å². The van der Waals surface area contributed by atoms with E-state index in [0.717, 1.165) is 4.68 Å². The number of urea groups is 1. The predicted molar refractivity (Wildman–Crippen MR) is 64.5 cm³/mol. The fourth-order valence-corrected chi connectivity index (χ4v) is 1.23. The lowest BCUT2D eigenvalue weighted by atomic mass is 10.4. The molecule has 20 heavy (non-hydrogen) atoms. The number of nitrogens with one attached hydrogen (secondary N) is 2. The topological polar surface area (TPSA) is 135 Å². The minimum absolute atomic E-state index is 0.0638. The van der Waals surface area contributed by atoms with Gasteiger partial charge in [0, 0.05) is 0 Å². The van der Waals surface area contributed by atoms with E-state index < -0.39 is 18.0 Å². The summed E-state index contributed by atoms with van der Waals surface area (Å²) in [6.45, 7) is 1.44. The van der Waals surface area contributed by atoms with Crippen molar-refractivity contribution >= 4 is 18.0 Å². The van der Waals surface area contributed by atoms with Crippen molar-refractivity contribution < 1.29 is 24.2 Å². The molecule has 1 heterocycles. The normalized spacial score (nSPS) is 9.85. The second-order valence-corrected chi connectivity index (χ2v) is 3.64. The number of aliphatic carboxylic acids is 1. The minimum Gasteiger partial charge on any atom is -0.480 e. The summed E-state index contributed by atoms with van der Waals surface area (Å²) in [6, 6.07) is -0.564. The van der Waals surface area contributed by atoms with Crippen LogP contribution >= 0.6 is 0 Å². The second-order valence-electron chi connectivity index (χ2n) is 3.64. The van der Waals surface area contributed by atoms with Crippen LogP contribution in [-0.2, 0) is 27.4 Å². The number of esters is 1. The fraction of sp³-hybridized carbons (Fsp3) is 0.500. The highest BCUT2D eigenvalue weighted by Gasteiger charge is 2.07. The first-order valence-corrected chi connectivity index (χ1v) is 5.79. The molecule has 2 amide bonds. The van der Waals surface area contributed by atoms with E-state index >= 15 is 0 Å². The number of hydrogen-bond acceptors (Lipinski definition) is 6. The van der Waals surface area contributed by atoms with Gasteiger partial charge in [-0.15, -0.1) is 5.10 Å². The van der Waals surface area contributed by atoms with Gasteiger partial charge < -0.3 is 20.5 Å². The van der Waals surface area contributed by atoms with Crippen LogP contribution in [0.2, 0.25) is 0 Å². The van der Waals surface area contributed by atoms with E-state index in [0.29, 0.717) is 5.69 Å². The molecule has 3 N–H and O–H groups in total. The number of hydrogen-bond donors (Lipinski definition) is 3. The Hall–Kier alpha value is -2.65. The molecule has 0 aliphatic heterocycles. The van der Waals surface area contributed by atoms with Gasteiger partial charge in [-0.2, -0.15) is 0 Å². The van der Waals surface area contributed by atoms with Gasteiger partial charge in [-0.25, -0.2) is 9.48 Å². The van der Waals surface area contributed by atoms with Crippen molar-refractivity contribution in [2.75, 3.05) is 13.2 Å².